The van der Waals surface area contributed by atoms with Crippen LogP contribution in [0.3, 0.4) is 0 Å². The molecule has 0 radical (unpaired) electrons. The standard InChI is InChI=1S/C18H26N2O/c1-18(2,3)15-9-5-4-8-14(15)17(21)20-11-13-7-6-10-19-16(13)12-20/h4-5,8-9,13,16,19H,6-7,10-12H2,1-3H3/t13-,16+/m0/s1. The van der Waals surface area contributed by atoms with Crippen molar-refractivity contribution in [2.24, 2.45) is 5.92 Å². The summed E-state index contributed by atoms with van der Waals surface area (Å²) >= 11 is 0. The molecule has 3 rings (SSSR count). The van der Waals surface area contributed by atoms with Crippen LogP contribution in [0.4, 0.5) is 0 Å². The van der Waals surface area contributed by atoms with Crippen LogP contribution in [0.1, 0.15) is 49.5 Å². The van der Waals surface area contributed by atoms with Crippen LogP contribution in [0.2, 0.25) is 0 Å². The Morgan fingerprint density at radius 1 is 1.24 bits per heavy atom. The first-order valence-corrected chi connectivity index (χ1v) is 8.09. The number of hydrogen-bond donors (Lipinski definition) is 1. The number of fused-ring (bicyclic) bond motifs is 1. The Morgan fingerprint density at radius 3 is 2.71 bits per heavy atom. The Bertz CT molecular complexity index is 518. The van der Waals surface area contributed by atoms with Gasteiger partial charge in [-0.1, -0.05) is 39.0 Å². The van der Waals surface area contributed by atoms with Crippen molar-refractivity contribution in [3.8, 4) is 0 Å². The predicted octanol–water partition coefficient (Wildman–Crippen LogP) is 2.81. The third kappa shape index (κ3) is 2.84. The minimum atomic E-state index is -0.00299. The zero-order valence-electron chi connectivity index (χ0n) is 13.4. The van der Waals surface area contributed by atoms with E-state index in [4.69, 9.17) is 0 Å². The molecule has 114 valence electrons. The van der Waals surface area contributed by atoms with Crippen LogP contribution in [-0.4, -0.2) is 36.5 Å². The number of likely N-dealkylation sites (tertiary alicyclic amines) is 1. The maximum absolute atomic E-state index is 13.0. The Morgan fingerprint density at radius 2 is 2.00 bits per heavy atom. The number of piperidine rings is 1. The number of carbonyl (C=O) groups is 1. The number of amides is 1. The highest BCUT2D eigenvalue weighted by Crippen LogP contribution is 2.30. The van der Waals surface area contributed by atoms with Gasteiger partial charge in [0.2, 0.25) is 0 Å². The van der Waals surface area contributed by atoms with E-state index >= 15 is 0 Å². The van der Waals surface area contributed by atoms with Crippen molar-refractivity contribution in [1.29, 1.82) is 0 Å². The van der Waals surface area contributed by atoms with Crippen LogP contribution in [0, 0.1) is 5.92 Å². The molecule has 2 fully saturated rings. The molecule has 0 saturated carbocycles. The van der Waals surface area contributed by atoms with Gasteiger partial charge in [-0.05, 0) is 42.3 Å². The molecule has 2 aliphatic rings. The van der Waals surface area contributed by atoms with E-state index in [2.05, 4.69) is 37.1 Å². The molecule has 0 unspecified atom stereocenters. The van der Waals surface area contributed by atoms with Crippen LogP contribution >= 0.6 is 0 Å². The fourth-order valence-corrected chi connectivity index (χ4v) is 3.71. The number of rotatable bonds is 1. The second-order valence-electron chi connectivity index (χ2n) is 7.47. The van der Waals surface area contributed by atoms with E-state index in [9.17, 15) is 4.79 Å². The SMILES string of the molecule is CC(C)(C)c1ccccc1C(=O)N1C[C@@H]2CCCN[C@@H]2C1. The zero-order chi connectivity index (χ0) is 15.0. The molecule has 1 aromatic rings. The molecule has 2 aliphatic heterocycles. The maximum atomic E-state index is 13.0. The molecule has 0 bridgehead atoms. The average Bonchev–Trinajstić information content (AvgIpc) is 2.89. The number of hydrogen-bond acceptors (Lipinski definition) is 2. The minimum Gasteiger partial charge on any atom is -0.337 e. The summed E-state index contributed by atoms with van der Waals surface area (Å²) in [5, 5.41) is 3.57. The van der Waals surface area contributed by atoms with Gasteiger partial charge in [-0.25, -0.2) is 0 Å². The maximum Gasteiger partial charge on any atom is 0.254 e. The topological polar surface area (TPSA) is 32.3 Å². The minimum absolute atomic E-state index is 0.00299. The van der Waals surface area contributed by atoms with Crippen molar-refractivity contribution in [2.75, 3.05) is 19.6 Å². The molecule has 1 aromatic carbocycles. The van der Waals surface area contributed by atoms with Crippen LogP contribution in [0.5, 0.6) is 0 Å². The summed E-state index contributed by atoms with van der Waals surface area (Å²) < 4.78 is 0. The van der Waals surface area contributed by atoms with Gasteiger partial charge >= 0.3 is 0 Å². The van der Waals surface area contributed by atoms with Crippen LogP contribution in [0.25, 0.3) is 0 Å². The summed E-state index contributed by atoms with van der Waals surface area (Å²) in [5.41, 5.74) is 2.03. The highest BCUT2D eigenvalue weighted by atomic mass is 16.2. The number of benzene rings is 1. The van der Waals surface area contributed by atoms with E-state index < -0.39 is 0 Å². The fraction of sp³-hybridized carbons (Fsp3) is 0.611. The fourth-order valence-electron chi connectivity index (χ4n) is 3.71. The van der Waals surface area contributed by atoms with Crippen molar-refractivity contribution in [1.82, 2.24) is 10.2 Å². The van der Waals surface area contributed by atoms with Crippen molar-refractivity contribution in [2.45, 2.75) is 45.1 Å². The summed E-state index contributed by atoms with van der Waals surface area (Å²) in [6, 6.07) is 8.59. The summed E-state index contributed by atoms with van der Waals surface area (Å²) in [5.74, 6) is 0.848. The third-order valence-electron chi connectivity index (χ3n) is 4.85. The van der Waals surface area contributed by atoms with E-state index in [-0.39, 0.29) is 11.3 Å². The largest absolute Gasteiger partial charge is 0.337 e. The number of nitrogens with one attached hydrogen (secondary N) is 1. The highest BCUT2D eigenvalue weighted by Gasteiger charge is 2.37. The third-order valence-corrected chi connectivity index (χ3v) is 4.85. The molecule has 0 aliphatic carbocycles. The van der Waals surface area contributed by atoms with E-state index in [0.29, 0.717) is 12.0 Å². The molecule has 3 nitrogen and oxygen atoms in total. The monoisotopic (exact) mass is 286 g/mol. The van der Waals surface area contributed by atoms with Gasteiger partial charge in [0.1, 0.15) is 0 Å². The van der Waals surface area contributed by atoms with Gasteiger partial charge in [0.15, 0.2) is 0 Å². The van der Waals surface area contributed by atoms with E-state index in [1.54, 1.807) is 0 Å². The molecule has 2 heterocycles. The first-order valence-electron chi connectivity index (χ1n) is 8.09. The molecule has 0 spiro atoms. The Hall–Kier alpha value is -1.35. The van der Waals surface area contributed by atoms with E-state index in [0.717, 1.165) is 30.8 Å². The molecule has 0 aromatic heterocycles. The molecule has 2 atom stereocenters. The summed E-state index contributed by atoms with van der Waals surface area (Å²) in [4.78, 5) is 15.0. The normalized spacial score (nSPS) is 25.8. The van der Waals surface area contributed by atoms with Crippen molar-refractivity contribution in [3.63, 3.8) is 0 Å². The van der Waals surface area contributed by atoms with E-state index in [1.807, 2.05) is 18.2 Å². The molecule has 2 saturated heterocycles. The number of nitrogens with zero attached hydrogens (tertiary/aromatic N) is 1. The highest BCUT2D eigenvalue weighted by molar-refractivity contribution is 5.96. The van der Waals surface area contributed by atoms with Crippen molar-refractivity contribution >= 4 is 5.91 Å². The summed E-state index contributed by atoms with van der Waals surface area (Å²) in [7, 11) is 0. The summed E-state index contributed by atoms with van der Waals surface area (Å²) in [6.45, 7) is 9.39. The molecule has 1 amide bonds. The van der Waals surface area contributed by atoms with Gasteiger partial charge in [-0.2, -0.15) is 0 Å². The van der Waals surface area contributed by atoms with Gasteiger partial charge in [0.05, 0.1) is 0 Å². The zero-order valence-corrected chi connectivity index (χ0v) is 13.4. The van der Waals surface area contributed by atoms with Crippen molar-refractivity contribution in [3.05, 3.63) is 35.4 Å². The smallest absolute Gasteiger partial charge is 0.254 e. The van der Waals surface area contributed by atoms with Gasteiger partial charge in [-0.15, -0.1) is 0 Å². The van der Waals surface area contributed by atoms with Crippen LogP contribution in [0.15, 0.2) is 24.3 Å². The molecular formula is C18H26N2O. The lowest BCUT2D eigenvalue weighted by Gasteiger charge is -2.25. The van der Waals surface area contributed by atoms with Gasteiger partial charge in [0, 0.05) is 24.7 Å². The Labute approximate surface area is 127 Å². The Kier molecular flexibility index (Phi) is 3.78. The average molecular weight is 286 g/mol. The quantitative estimate of drug-likeness (QED) is 0.861. The first-order chi connectivity index (χ1) is 9.97. The summed E-state index contributed by atoms with van der Waals surface area (Å²) in [6.07, 6.45) is 2.49. The van der Waals surface area contributed by atoms with Crippen LogP contribution in [-0.2, 0) is 5.41 Å². The lowest BCUT2D eigenvalue weighted by molar-refractivity contribution is 0.0783. The van der Waals surface area contributed by atoms with E-state index in [1.165, 1.54) is 12.8 Å². The van der Waals surface area contributed by atoms with Gasteiger partial charge < -0.3 is 10.2 Å². The van der Waals surface area contributed by atoms with Crippen molar-refractivity contribution < 1.29 is 4.79 Å². The lowest BCUT2D eigenvalue weighted by atomic mass is 9.83. The lowest BCUT2D eigenvalue weighted by Crippen LogP contribution is -2.41. The Balaban J connectivity index is 1.83. The molecular weight excluding hydrogens is 260 g/mol. The number of carbonyl (C=O) groups excluding carboxylic acids is 1. The molecule has 3 heteroatoms. The van der Waals surface area contributed by atoms with Gasteiger partial charge in [0.25, 0.3) is 5.91 Å². The first kappa shape index (κ1) is 14.6. The molecule has 21 heavy (non-hydrogen) atoms. The second-order valence-corrected chi connectivity index (χ2v) is 7.47. The van der Waals surface area contributed by atoms with Crippen LogP contribution < -0.4 is 5.32 Å². The molecule has 1 N–H and O–H groups in total. The predicted molar refractivity (Wildman–Crippen MR) is 85.6 cm³/mol. The second kappa shape index (κ2) is 5.45. The van der Waals surface area contributed by atoms with Gasteiger partial charge in [-0.3, -0.25) is 4.79 Å².